The fourth-order valence-electron chi connectivity index (χ4n) is 1.88. The van der Waals surface area contributed by atoms with Crippen LogP contribution in [0, 0.1) is 5.82 Å². The monoisotopic (exact) mass is 328 g/mol. The molecule has 0 saturated carbocycles. The van der Waals surface area contributed by atoms with Crippen LogP contribution in [0.3, 0.4) is 0 Å². The first kappa shape index (κ1) is 16.5. The lowest BCUT2D eigenvalue weighted by Gasteiger charge is -2.10. The van der Waals surface area contributed by atoms with E-state index in [1.807, 2.05) is 0 Å². The zero-order chi connectivity index (χ0) is 17.2. The van der Waals surface area contributed by atoms with E-state index in [1.54, 1.807) is 0 Å². The number of ether oxygens (including phenoxy) is 1. The van der Waals surface area contributed by atoms with E-state index >= 15 is 0 Å². The van der Waals surface area contributed by atoms with Crippen molar-refractivity contribution in [1.82, 2.24) is 0 Å². The lowest BCUT2D eigenvalue weighted by molar-refractivity contribution is -0.274. The Morgan fingerprint density at radius 1 is 1.00 bits per heavy atom. The van der Waals surface area contributed by atoms with Crippen molar-refractivity contribution in [2.75, 3.05) is 0 Å². The summed E-state index contributed by atoms with van der Waals surface area (Å²) in [6, 6.07) is 6.56. The van der Waals surface area contributed by atoms with Gasteiger partial charge >= 0.3 is 12.3 Å². The number of carboxylic acids is 1. The Hall–Kier alpha value is -2.90. The summed E-state index contributed by atoms with van der Waals surface area (Å²) in [5, 5.41) is 9.01. The zero-order valence-electron chi connectivity index (χ0n) is 11.2. The Morgan fingerprint density at radius 2 is 1.70 bits per heavy atom. The minimum atomic E-state index is -4.94. The van der Waals surface area contributed by atoms with E-state index in [9.17, 15) is 27.2 Å². The standard InChI is InChI=1S/C15H8F4O4/c16-9-4-5-11(14(21)22)12(7-9)13(20)8-2-1-3-10(6-8)23-15(17,18)19/h1-7H,(H,21,22). The van der Waals surface area contributed by atoms with Gasteiger partial charge in [-0.25, -0.2) is 9.18 Å². The average Bonchev–Trinajstić information content (AvgIpc) is 2.44. The molecule has 120 valence electrons. The third-order valence-corrected chi connectivity index (χ3v) is 2.79. The van der Waals surface area contributed by atoms with E-state index < -0.39 is 40.8 Å². The second-order valence-corrected chi connectivity index (χ2v) is 4.40. The fraction of sp³-hybridized carbons (Fsp3) is 0.0667. The van der Waals surface area contributed by atoms with Gasteiger partial charge in [-0.1, -0.05) is 12.1 Å². The molecule has 0 amide bonds. The predicted molar refractivity (Wildman–Crippen MR) is 69.9 cm³/mol. The highest BCUT2D eigenvalue weighted by Gasteiger charge is 2.31. The summed E-state index contributed by atoms with van der Waals surface area (Å²) in [4.78, 5) is 23.4. The number of carbonyl (C=O) groups is 2. The quantitative estimate of drug-likeness (QED) is 0.687. The first-order chi connectivity index (χ1) is 10.7. The van der Waals surface area contributed by atoms with Crippen LogP contribution in [0.2, 0.25) is 0 Å². The van der Waals surface area contributed by atoms with E-state index in [2.05, 4.69) is 4.74 Å². The molecule has 0 aliphatic heterocycles. The molecule has 0 unspecified atom stereocenters. The Bertz CT molecular complexity index is 768. The lowest BCUT2D eigenvalue weighted by atomic mass is 9.98. The van der Waals surface area contributed by atoms with Crippen molar-refractivity contribution in [2.24, 2.45) is 0 Å². The lowest BCUT2D eigenvalue weighted by Crippen LogP contribution is -2.17. The maximum atomic E-state index is 13.3. The smallest absolute Gasteiger partial charge is 0.478 e. The van der Waals surface area contributed by atoms with E-state index in [-0.39, 0.29) is 5.56 Å². The topological polar surface area (TPSA) is 63.6 Å². The van der Waals surface area contributed by atoms with Crippen molar-refractivity contribution in [3.05, 3.63) is 65.0 Å². The van der Waals surface area contributed by atoms with E-state index in [1.165, 1.54) is 6.07 Å². The SMILES string of the molecule is O=C(O)c1ccc(F)cc1C(=O)c1cccc(OC(F)(F)F)c1. The maximum Gasteiger partial charge on any atom is 0.573 e. The molecule has 0 aliphatic rings. The molecular weight excluding hydrogens is 320 g/mol. The minimum absolute atomic E-state index is 0.264. The number of hydrogen-bond acceptors (Lipinski definition) is 3. The van der Waals surface area contributed by atoms with Gasteiger partial charge < -0.3 is 9.84 Å². The molecule has 23 heavy (non-hydrogen) atoms. The largest absolute Gasteiger partial charge is 0.573 e. The third-order valence-electron chi connectivity index (χ3n) is 2.79. The number of rotatable bonds is 4. The second-order valence-electron chi connectivity index (χ2n) is 4.40. The van der Waals surface area contributed by atoms with Crippen LogP contribution in [0.4, 0.5) is 17.6 Å². The molecule has 0 spiro atoms. The van der Waals surface area contributed by atoms with Crippen LogP contribution < -0.4 is 4.74 Å². The molecule has 0 heterocycles. The van der Waals surface area contributed by atoms with Crippen LogP contribution in [-0.4, -0.2) is 23.2 Å². The first-order valence-corrected chi connectivity index (χ1v) is 6.11. The number of ketones is 1. The average molecular weight is 328 g/mol. The van der Waals surface area contributed by atoms with Gasteiger partial charge in [0.25, 0.3) is 0 Å². The summed E-state index contributed by atoms with van der Waals surface area (Å²) in [5.41, 5.74) is -1.19. The van der Waals surface area contributed by atoms with Crippen molar-refractivity contribution in [2.45, 2.75) is 6.36 Å². The number of aromatic carboxylic acids is 1. The summed E-state index contributed by atoms with van der Waals surface area (Å²) < 4.78 is 53.5. The van der Waals surface area contributed by atoms with Gasteiger partial charge in [0.15, 0.2) is 5.78 Å². The highest BCUT2D eigenvalue weighted by atomic mass is 19.4. The third kappa shape index (κ3) is 4.06. The summed E-state index contributed by atoms with van der Waals surface area (Å²) in [6.07, 6.45) is -4.94. The van der Waals surface area contributed by atoms with Gasteiger partial charge in [-0.2, -0.15) is 0 Å². The highest BCUT2D eigenvalue weighted by molar-refractivity contribution is 6.14. The molecule has 4 nitrogen and oxygen atoms in total. The molecule has 0 aromatic heterocycles. The van der Waals surface area contributed by atoms with Gasteiger partial charge in [0.05, 0.1) is 5.56 Å². The summed E-state index contributed by atoms with van der Waals surface area (Å²) in [6.45, 7) is 0. The number of alkyl halides is 3. The van der Waals surface area contributed by atoms with Crippen molar-refractivity contribution >= 4 is 11.8 Å². The van der Waals surface area contributed by atoms with Gasteiger partial charge in [-0.05, 0) is 30.3 Å². The Balaban J connectivity index is 2.44. The number of carboxylic acid groups (broad SMARTS) is 1. The first-order valence-electron chi connectivity index (χ1n) is 6.11. The number of carbonyl (C=O) groups excluding carboxylic acids is 1. The molecule has 0 radical (unpaired) electrons. The molecule has 2 aromatic carbocycles. The molecule has 0 atom stereocenters. The molecular formula is C15H8F4O4. The Labute approximate surface area is 126 Å². The highest BCUT2D eigenvalue weighted by Crippen LogP contribution is 2.25. The second kappa shape index (κ2) is 6.07. The summed E-state index contributed by atoms with van der Waals surface area (Å²) >= 11 is 0. The van der Waals surface area contributed by atoms with Gasteiger partial charge in [0.2, 0.25) is 0 Å². The van der Waals surface area contributed by atoms with E-state index in [4.69, 9.17) is 5.11 Å². The zero-order valence-corrected chi connectivity index (χ0v) is 11.2. The molecule has 1 N–H and O–H groups in total. The summed E-state index contributed by atoms with van der Waals surface area (Å²) in [5.74, 6) is -3.89. The van der Waals surface area contributed by atoms with Gasteiger partial charge in [-0.3, -0.25) is 4.79 Å². The minimum Gasteiger partial charge on any atom is -0.478 e. The van der Waals surface area contributed by atoms with Gasteiger partial charge in [-0.15, -0.1) is 13.2 Å². The Kier molecular flexibility index (Phi) is 4.35. The molecule has 2 aromatic rings. The number of benzene rings is 2. The molecule has 0 fully saturated rings. The van der Waals surface area contributed by atoms with Crippen LogP contribution >= 0.6 is 0 Å². The fourth-order valence-corrected chi connectivity index (χ4v) is 1.88. The van der Waals surface area contributed by atoms with Gasteiger partial charge in [0.1, 0.15) is 11.6 Å². The van der Waals surface area contributed by atoms with Crippen LogP contribution in [-0.2, 0) is 0 Å². The van der Waals surface area contributed by atoms with Gasteiger partial charge in [0, 0.05) is 11.1 Å². The van der Waals surface area contributed by atoms with Crippen molar-refractivity contribution in [3.8, 4) is 5.75 Å². The van der Waals surface area contributed by atoms with Crippen molar-refractivity contribution < 1.29 is 37.0 Å². The molecule has 0 bridgehead atoms. The molecule has 0 aliphatic carbocycles. The molecule has 2 rings (SSSR count). The van der Waals surface area contributed by atoms with Crippen LogP contribution in [0.5, 0.6) is 5.75 Å². The number of halogens is 4. The van der Waals surface area contributed by atoms with Crippen molar-refractivity contribution in [1.29, 1.82) is 0 Å². The predicted octanol–water partition coefficient (Wildman–Crippen LogP) is 3.65. The molecule has 0 saturated heterocycles. The van der Waals surface area contributed by atoms with Crippen molar-refractivity contribution in [3.63, 3.8) is 0 Å². The van der Waals surface area contributed by atoms with E-state index in [0.29, 0.717) is 6.07 Å². The Morgan fingerprint density at radius 3 is 2.30 bits per heavy atom. The van der Waals surface area contributed by atoms with Crippen LogP contribution in [0.15, 0.2) is 42.5 Å². The maximum absolute atomic E-state index is 13.3. The molecule has 8 heteroatoms. The summed E-state index contributed by atoms with van der Waals surface area (Å²) in [7, 11) is 0. The van der Waals surface area contributed by atoms with Crippen LogP contribution in [0.1, 0.15) is 26.3 Å². The normalized spacial score (nSPS) is 11.1. The van der Waals surface area contributed by atoms with Crippen LogP contribution in [0.25, 0.3) is 0 Å². The van der Waals surface area contributed by atoms with E-state index in [0.717, 1.165) is 30.3 Å². The number of hydrogen-bond donors (Lipinski definition) is 1.